The Morgan fingerprint density at radius 1 is 1.53 bits per heavy atom. The summed E-state index contributed by atoms with van der Waals surface area (Å²) in [5.41, 5.74) is 1.63. The van der Waals surface area contributed by atoms with E-state index in [-0.39, 0.29) is 5.78 Å². The van der Waals surface area contributed by atoms with Gasteiger partial charge in [0.1, 0.15) is 10.4 Å². The van der Waals surface area contributed by atoms with Gasteiger partial charge in [-0.2, -0.15) is 0 Å². The van der Waals surface area contributed by atoms with Crippen LogP contribution in [0.4, 0.5) is 0 Å². The molecule has 0 spiro atoms. The van der Waals surface area contributed by atoms with Gasteiger partial charge in [-0.1, -0.05) is 13.0 Å². The minimum atomic E-state index is 0.0557. The van der Waals surface area contributed by atoms with E-state index in [9.17, 15) is 4.79 Å². The van der Waals surface area contributed by atoms with Gasteiger partial charge in [0.15, 0.2) is 5.78 Å². The fourth-order valence-electron chi connectivity index (χ4n) is 1.68. The number of rotatable bonds is 2. The molecule has 0 bridgehead atoms. The highest BCUT2D eigenvalue weighted by molar-refractivity contribution is 9.10. The summed E-state index contributed by atoms with van der Waals surface area (Å²) < 4.78 is 2.70. The van der Waals surface area contributed by atoms with E-state index in [1.54, 1.807) is 6.92 Å². The number of fused-ring (bicyclic) bond motifs is 1. The fraction of sp³-hybridized carbons (Fsp3) is 0.273. The van der Waals surface area contributed by atoms with E-state index in [2.05, 4.69) is 20.9 Å². The summed E-state index contributed by atoms with van der Waals surface area (Å²) in [5, 5.41) is 0. The molecule has 3 nitrogen and oxygen atoms in total. The lowest BCUT2D eigenvalue weighted by Crippen LogP contribution is -2.04. The average molecular weight is 267 g/mol. The van der Waals surface area contributed by atoms with E-state index in [0.29, 0.717) is 5.69 Å². The van der Waals surface area contributed by atoms with Gasteiger partial charge in [-0.15, -0.1) is 0 Å². The second-order valence-electron chi connectivity index (χ2n) is 3.36. The molecule has 0 aliphatic carbocycles. The Kier molecular flexibility index (Phi) is 2.61. The topological polar surface area (TPSA) is 34.4 Å². The van der Waals surface area contributed by atoms with Gasteiger partial charge in [-0.25, -0.2) is 4.98 Å². The zero-order valence-corrected chi connectivity index (χ0v) is 10.2. The molecule has 2 heterocycles. The van der Waals surface area contributed by atoms with Gasteiger partial charge >= 0.3 is 0 Å². The van der Waals surface area contributed by atoms with Crippen molar-refractivity contribution in [2.45, 2.75) is 20.3 Å². The molecule has 0 aliphatic heterocycles. The number of aryl methyl sites for hydroxylation is 1. The number of Topliss-reactive ketones (excluding diaryl/α,β-unsaturated/α-hetero) is 1. The van der Waals surface area contributed by atoms with Crippen LogP contribution in [0.3, 0.4) is 0 Å². The van der Waals surface area contributed by atoms with E-state index in [4.69, 9.17) is 0 Å². The van der Waals surface area contributed by atoms with Crippen LogP contribution in [0.5, 0.6) is 0 Å². The van der Waals surface area contributed by atoms with Gasteiger partial charge in [-0.05, 0) is 28.1 Å². The van der Waals surface area contributed by atoms with Crippen molar-refractivity contribution in [1.29, 1.82) is 0 Å². The van der Waals surface area contributed by atoms with Crippen molar-refractivity contribution in [2.24, 2.45) is 0 Å². The summed E-state index contributed by atoms with van der Waals surface area (Å²) in [7, 11) is 0. The Bertz CT molecular complexity index is 531. The molecule has 0 unspecified atom stereocenters. The number of hydrogen-bond donors (Lipinski definition) is 0. The third-order valence-corrected chi connectivity index (χ3v) is 2.95. The molecule has 0 aromatic carbocycles. The van der Waals surface area contributed by atoms with E-state index in [1.807, 2.05) is 29.5 Å². The largest absolute Gasteiger partial charge is 0.293 e. The first-order valence-corrected chi connectivity index (χ1v) is 5.61. The van der Waals surface area contributed by atoms with Crippen molar-refractivity contribution >= 4 is 27.2 Å². The highest BCUT2D eigenvalue weighted by atomic mass is 79.9. The number of carbonyl (C=O) groups is 1. The second-order valence-corrected chi connectivity index (χ2v) is 4.11. The van der Waals surface area contributed by atoms with Crippen molar-refractivity contribution in [1.82, 2.24) is 9.38 Å². The Morgan fingerprint density at radius 2 is 2.27 bits per heavy atom. The van der Waals surface area contributed by atoms with Crippen LogP contribution in [0.25, 0.3) is 5.52 Å². The normalized spacial score (nSPS) is 10.9. The van der Waals surface area contributed by atoms with E-state index in [1.165, 1.54) is 0 Å². The van der Waals surface area contributed by atoms with E-state index >= 15 is 0 Å². The summed E-state index contributed by atoms with van der Waals surface area (Å²) in [4.78, 5) is 15.9. The van der Waals surface area contributed by atoms with Gasteiger partial charge in [0.2, 0.25) is 0 Å². The molecule has 0 radical (unpaired) electrons. The van der Waals surface area contributed by atoms with Crippen LogP contribution in [-0.2, 0) is 6.42 Å². The molecule has 0 fully saturated rings. The van der Waals surface area contributed by atoms with Crippen LogP contribution < -0.4 is 0 Å². The zero-order valence-electron chi connectivity index (χ0n) is 8.62. The van der Waals surface area contributed by atoms with Gasteiger partial charge in [0.25, 0.3) is 0 Å². The zero-order chi connectivity index (χ0) is 11.0. The molecule has 0 amide bonds. The Labute approximate surface area is 96.3 Å². The van der Waals surface area contributed by atoms with Gasteiger partial charge in [-0.3, -0.25) is 9.20 Å². The quantitative estimate of drug-likeness (QED) is 0.784. The number of halogens is 1. The van der Waals surface area contributed by atoms with Crippen molar-refractivity contribution in [3.63, 3.8) is 0 Å². The van der Waals surface area contributed by atoms with Crippen LogP contribution in [0.2, 0.25) is 0 Å². The molecular formula is C11H11BrN2O. The molecule has 2 aromatic rings. The first kappa shape index (κ1) is 10.4. The van der Waals surface area contributed by atoms with E-state index < -0.39 is 0 Å². The Hall–Kier alpha value is -1.16. The molecule has 2 aromatic heterocycles. The molecule has 0 N–H and O–H groups in total. The van der Waals surface area contributed by atoms with Crippen LogP contribution in [0, 0.1) is 0 Å². The molecule has 0 saturated carbocycles. The number of imidazole rings is 1. The van der Waals surface area contributed by atoms with Crippen molar-refractivity contribution in [3.8, 4) is 0 Å². The van der Waals surface area contributed by atoms with Gasteiger partial charge in [0.05, 0.1) is 11.2 Å². The van der Waals surface area contributed by atoms with Gasteiger partial charge < -0.3 is 0 Å². The molecule has 0 saturated heterocycles. The number of aromatic nitrogens is 2. The summed E-state index contributed by atoms with van der Waals surface area (Å²) in [5.74, 6) is 0.961. The van der Waals surface area contributed by atoms with Crippen LogP contribution in [-0.4, -0.2) is 15.2 Å². The number of pyridine rings is 1. The first-order valence-electron chi connectivity index (χ1n) is 4.82. The minimum absolute atomic E-state index is 0.0557. The standard InChI is InChI=1S/C11H11BrN2O/c1-3-10-13-11(12)9-6-4-5-8(7(2)15)14(9)10/h4-6H,3H2,1-2H3. The SMILES string of the molecule is CCc1nc(Br)c2cccc(C(C)=O)n12. The molecule has 15 heavy (non-hydrogen) atoms. The Morgan fingerprint density at radius 3 is 2.87 bits per heavy atom. The predicted octanol–water partition coefficient (Wildman–Crippen LogP) is 2.86. The monoisotopic (exact) mass is 266 g/mol. The third-order valence-electron chi connectivity index (χ3n) is 2.36. The fourth-order valence-corrected chi connectivity index (χ4v) is 2.20. The molecule has 0 aliphatic rings. The summed E-state index contributed by atoms with van der Waals surface area (Å²) >= 11 is 3.40. The number of carbonyl (C=O) groups excluding carboxylic acids is 1. The lowest BCUT2D eigenvalue weighted by Gasteiger charge is -2.03. The highest BCUT2D eigenvalue weighted by Crippen LogP contribution is 2.21. The lowest BCUT2D eigenvalue weighted by atomic mass is 10.2. The molecule has 78 valence electrons. The molecule has 4 heteroatoms. The average Bonchev–Trinajstić information content (AvgIpc) is 2.55. The summed E-state index contributed by atoms with van der Waals surface area (Å²) in [6.07, 6.45) is 0.803. The van der Waals surface area contributed by atoms with Crippen molar-refractivity contribution < 1.29 is 4.79 Å². The maximum absolute atomic E-state index is 11.5. The number of hydrogen-bond acceptors (Lipinski definition) is 2. The first-order chi connectivity index (χ1) is 7.15. The number of nitrogens with zero attached hydrogens (tertiary/aromatic N) is 2. The van der Waals surface area contributed by atoms with Crippen molar-refractivity contribution in [3.05, 3.63) is 34.3 Å². The maximum atomic E-state index is 11.5. The van der Waals surface area contributed by atoms with Crippen molar-refractivity contribution in [2.75, 3.05) is 0 Å². The molecular weight excluding hydrogens is 256 g/mol. The van der Waals surface area contributed by atoms with Gasteiger partial charge in [0, 0.05) is 13.3 Å². The van der Waals surface area contributed by atoms with E-state index in [0.717, 1.165) is 22.4 Å². The summed E-state index contributed by atoms with van der Waals surface area (Å²) in [6.45, 7) is 3.60. The second kappa shape index (κ2) is 3.77. The number of ketones is 1. The molecule has 2 rings (SSSR count). The lowest BCUT2D eigenvalue weighted by molar-refractivity contribution is 0.101. The Balaban J connectivity index is 2.88. The highest BCUT2D eigenvalue weighted by Gasteiger charge is 2.12. The maximum Gasteiger partial charge on any atom is 0.176 e. The molecule has 0 atom stereocenters. The van der Waals surface area contributed by atoms with Crippen LogP contribution in [0.1, 0.15) is 30.2 Å². The smallest absolute Gasteiger partial charge is 0.176 e. The predicted molar refractivity (Wildman–Crippen MR) is 62.3 cm³/mol. The van der Waals surface area contributed by atoms with Crippen LogP contribution >= 0.6 is 15.9 Å². The minimum Gasteiger partial charge on any atom is -0.293 e. The van der Waals surface area contributed by atoms with Crippen LogP contribution in [0.15, 0.2) is 22.8 Å². The third kappa shape index (κ3) is 1.59. The summed E-state index contributed by atoms with van der Waals surface area (Å²) in [6, 6.07) is 5.64.